The van der Waals surface area contributed by atoms with Gasteiger partial charge in [-0.2, -0.15) is 0 Å². The Morgan fingerprint density at radius 1 is 1.16 bits per heavy atom. The highest BCUT2D eigenvalue weighted by atomic mass is 16.5. The standard InChI is InChI=1S/C22H27N5O4/c1-29-21(28)14-4-7-16-17-13-24-22(25-15-5-6-15)27-19(17)20(26-18(16)12-14)31-11-10-30-9-3-2-8-23/h4,7,12-13,15H,2-3,5-6,8-11,23H2,1H3,(H,24,25,27). The lowest BCUT2D eigenvalue weighted by molar-refractivity contribution is 0.0601. The third-order valence-electron chi connectivity index (χ3n) is 5.04. The molecule has 1 aliphatic carbocycles. The van der Waals surface area contributed by atoms with E-state index in [-0.39, 0.29) is 0 Å². The molecule has 164 valence electrons. The molecule has 0 bridgehead atoms. The van der Waals surface area contributed by atoms with Gasteiger partial charge in [-0.1, -0.05) is 6.07 Å². The predicted molar refractivity (Wildman–Crippen MR) is 117 cm³/mol. The van der Waals surface area contributed by atoms with E-state index in [0.29, 0.717) is 60.8 Å². The van der Waals surface area contributed by atoms with Gasteiger partial charge in [-0.05, 0) is 44.4 Å². The lowest BCUT2D eigenvalue weighted by Crippen LogP contribution is -2.11. The van der Waals surface area contributed by atoms with Gasteiger partial charge in [0.2, 0.25) is 11.8 Å². The second-order valence-corrected chi connectivity index (χ2v) is 7.47. The summed E-state index contributed by atoms with van der Waals surface area (Å²) in [6.45, 7) is 2.08. The van der Waals surface area contributed by atoms with Crippen molar-refractivity contribution < 1.29 is 19.0 Å². The summed E-state index contributed by atoms with van der Waals surface area (Å²) >= 11 is 0. The summed E-state index contributed by atoms with van der Waals surface area (Å²) in [5.41, 5.74) is 7.15. The smallest absolute Gasteiger partial charge is 0.337 e. The molecule has 0 radical (unpaired) electrons. The van der Waals surface area contributed by atoms with E-state index in [1.807, 2.05) is 6.07 Å². The number of ether oxygens (including phenoxy) is 3. The Labute approximate surface area is 180 Å². The minimum atomic E-state index is -0.419. The lowest BCUT2D eigenvalue weighted by Gasteiger charge is -2.12. The third kappa shape index (κ3) is 5.18. The number of aromatic nitrogens is 3. The Kier molecular flexibility index (Phi) is 6.73. The zero-order valence-corrected chi connectivity index (χ0v) is 17.6. The van der Waals surface area contributed by atoms with Crippen LogP contribution >= 0.6 is 0 Å². The van der Waals surface area contributed by atoms with E-state index in [0.717, 1.165) is 36.5 Å². The Balaban J connectivity index is 1.62. The maximum absolute atomic E-state index is 11.9. The topological polar surface area (TPSA) is 121 Å². The molecule has 9 nitrogen and oxygen atoms in total. The quantitative estimate of drug-likeness (QED) is 0.271. The maximum Gasteiger partial charge on any atom is 0.337 e. The fourth-order valence-corrected chi connectivity index (χ4v) is 3.23. The summed E-state index contributed by atoms with van der Waals surface area (Å²) in [7, 11) is 1.35. The molecule has 2 aromatic heterocycles. The summed E-state index contributed by atoms with van der Waals surface area (Å²) in [5.74, 6) is 0.527. The number of benzene rings is 1. The maximum atomic E-state index is 11.9. The van der Waals surface area contributed by atoms with Crippen LogP contribution in [0.2, 0.25) is 0 Å². The van der Waals surface area contributed by atoms with Gasteiger partial charge in [0.15, 0.2) is 0 Å². The van der Waals surface area contributed by atoms with Crippen LogP contribution in [-0.2, 0) is 9.47 Å². The fraction of sp³-hybridized carbons (Fsp3) is 0.455. The molecular weight excluding hydrogens is 398 g/mol. The van der Waals surface area contributed by atoms with Crippen LogP contribution in [0.1, 0.15) is 36.0 Å². The first kappa shape index (κ1) is 21.2. The highest BCUT2D eigenvalue weighted by Crippen LogP contribution is 2.31. The summed E-state index contributed by atoms with van der Waals surface area (Å²) in [6, 6.07) is 5.66. The molecule has 1 saturated carbocycles. The van der Waals surface area contributed by atoms with Gasteiger partial charge in [0.25, 0.3) is 0 Å². The van der Waals surface area contributed by atoms with Crippen LogP contribution in [0.5, 0.6) is 5.88 Å². The van der Waals surface area contributed by atoms with E-state index in [1.54, 1.807) is 18.3 Å². The van der Waals surface area contributed by atoms with Crippen LogP contribution in [0.15, 0.2) is 24.4 Å². The molecule has 0 spiro atoms. The zero-order valence-electron chi connectivity index (χ0n) is 17.6. The van der Waals surface area contributed by atoms with Gasteiger partial charge in [0, 0.05) is 29.6 Å². The Morgan fingerprint density at radius 2 is 2.03 bits per heavy atom. The van der Waals surface area contributed by atoms with Gasteiger partial charge in [0.1, 0.15) is 12.1 Å². The van der Waals surface area contributed by atoms with E-state index in [2.05, 4.69) is 20.3 Å². The minimum Gasteiger partial charge on any atom is -0.474 e. The normalized spacial score (nSPS) is 13.5. The number of carbonyl (C=O) groups excluding carboxylic acids is 1. The van der Waals surface area contributed by atoms with Crippen molar-refractivity contribution in [3.05, 3.63) is 30.0 Å². The number of nitrogens with one attached hydrogen (secondary N) is 1. The monoisotopic (exact) mass is 425 g/mol. The molecule has 0 amide bonds. The lowest BCUT2D eigenvalue weighted by atomic mass is 10.1. The SMILES string of the molecule is COC(=O)c1ccc2c(c1)nc(OCCOCCCCN)c1nc(NC3CC3)ncc12. The highest BCUT2D eigenvalue weighted by molar-refractivity contribution is 6.07. The minimum absolute atomic E-state index is 0.336. The third-order valence-corrected chi connectivity index (χ3v) is 5.04. The van der Waals surface area contributed by atoms with Crippen molar-refractivity contribution >= 4 is 33.7 Å². The number of carbonyl (C=O) groups is 1. The molecule has 0 saturated heterocycles. The van der Waals surface area contributed by atoms with Crippen LogP contribution in [0.3, 0.4) is 0 Å². The van der Waals surface area contributed by atoms with Crippen LogP contribution in [0.25, 0.3) is 21.8 Å². The highest BCUT2D eigenvalue weighted by Gasteiger charge is 2.23. The molecule has 1 aromatic carbocycles. The van der Waals surface area contributed by atoms with Crippen molar-refractivity contribution in [3.63, 3.8) is 0 Å². The van der Waals surface area contributed by atoms with Crippen LogP contribution in [0, 0.1) is 0 Å². The summed E-state index contributed by atoms with van der Waals surface area (Å²) in [5, 5.41) is 4.96. The number of esters is 1. The van der Waals surface area contributed by atoms with Gasteiger partial charge in [-0.25, -0.2) is 19.7 Å². The molecule has 3 N–H and O–H groups in total. The van der Waals surface area contributed by atoms with Gasteiger partial charge < -0.3 is 25.3 Å². The first-order chi connectivity index (χ1) is 15.2. The molecule has 1 fully saturated rings. The number of anilines is 1. The molecule has 3 aromatic rings. The largest absolute Gasteiger partial charge is 0.474 e. The molecule has 4 rings (SSSR count). The van der Waals surface area contributed by atoms with Crippen molar-refractivity contribution in [2.45, 2.75) is 31.7 Å². The van der Waals surface area contributed by atoms with E-state index in [1.165, 1.54) is 7.11 Å². The summed E-state index contributed by atoms with van der Waals surface area (Å²) in [6.07, 6.45) is 5.88. The van der Waals surface area contributed by atoms with Crippen molar-refractivity contribution in [1.82, 2.24) is 15.0 Å². The van der Waals surface area contributed by atoms with E-state index in [9.17, 15) is 4.79 Å². The van der Waals surface area contributed by atoms with Crippen LogP contribution < -0.4 is 15.8 Å². The number of nitrogens with two attached hydrogens (primary N) is 1. The van der Waals surface area contributed by atoms with Crippen LogP contribution in [0.4, 0.5) is 5.95 Å². The Bertz CT molecular complexity index is 1070. The first-order valence-corrected chi connectivity index (χ1v) is 10.6. The molecule has 1 aliphatic rings. The predicted octanol–water partition coefficient (Wildman–Crippen LogP) is 2.67. The second-order valence-electron chi connectivity index (χ2n) is 7.47. The number of nitrogens with zero attached hydrogens (tertiary/aromatic N) is 3. The summed E-state index contributed by atoms with van der Waals surface area (Å²) < 4.78 is 16.4. The Hall–Kier alpha value is -3.04. The molecule has 9 heteroatoms. The van der Waals surface area contributed by atoms with Crippen LogP contribution in [-0.4, -0.2) is 60.4 Å². The molecule has 0 unspecified atom stereocenters. The van der Waals surface area contributed by atoms with E-state index >= 15 is 0 Å². The number of methoxy groups -OCH3 is 1. The van der Waals surface area contributed by atoms with Crippen molar-refractivity contribution in [3.8, 4) is 5.88 Å². The van der Waals surface area contributed by atoms with Gasteiger partial charge >= 0.3 is 5.97 Å². The molecule has 2 heterocycles. The number of fused-ring (bicyclic) bond motifs is 3. The van der Waals surface area contributed by atoms with E-state index < -0.39 is 5.97 Å². The van der Waals surface area contributed by atoms with Crippen molar-refractivity contribution in [2.75, 3.05) is 38.8 Å². The number of pyridine rings is 1. The Morgan fingerprint density at radius 3 is 2.81 bits per heavy atom. The van der Waals surface area contributed by atoms with E-state index in [4.69, 9.17) is 19.9 Å². The molecule has 31 heavy (non-hydrogen) atoms. The number of rotatable bonds is 11. The first-order valence-electron chi connectivity index (χ1n) is 10.6. The second kappa shape index (κ2) is 9.84. The molecule has 0 aliphatic heterocycles. The van der Waals surface area contributed by atoms with Crippen molar-refractivity contribution in [2.24, 2.45) is 5.73 Å². The molecular formula is C22H27N5O4. The molecule has 0 atom stereocenters. The fourth-order valence-electron chi connectivity index (χ4n) is 3.23. The average molecular weight is 425 g/mol. The van der Waals surface area contributed by atoms with Crippen molar-refractivity contribution in [1.29, 1.82) is 0 Å². The van der Waals surface area contributed by atoms with Gasteiger partial charge in [-0.3, -0.25) is 0 Å². The summed E-state index contributed by atoms with van der Waals surface area (Å²) in [4.78, 5) is 25.7. The average Bonchev–Trinajstić information content (AvgIpc) is 3.61. The van der Waals surface area contributed by atoms with Gasteiger partial charge in [0.05, 0.1) is 24.8 Å². The van der Waals surface area contributed by atoms with Gasteiger partial charge in [-0.15, -0.1) is 0 Å². The number of unbranched alkanes of at least 4 members (excludes halogenated alkanes) is 1. The zero-order chi connectivity index (χ0) is 21.6. The number of hydrogen-bond donors (Lipinski definition) is 2. The number of hydrogen-bond acceptors (Lipinski definition) is 9.